The van der Waals surface area contributed by atoms with Crippen molar-refractivity contribution in [1.82, 2.24) is 57.3 Å². The van der Waals surface area contributed by atoms with E-state index < -0.39 is 44.7 Å². The van der Waals surface area contributed by atoms with Crippen molar-refractivity contribution < 1.29 is 36.7 Å². The number of aromatic nitrogens is 10. The summed E-state index contributed by atoms with van der Waals surface area (Å²) in [5, 5.41) is 14.7. The van der Waals surface area contributed by atoms with E-state index in [9.17, 15) is 38.4 Å². The maximum atomic E-state index is 13.5. The number of rotatable bonds is 14. The molecule has 101 heavy (non-hydrogen) atoms. The number of anilines is 4. The largest absolute Gasteiger partial charge is 0.394 e. The van der Waals surface area contributed by atoms with Crippen molar-refractivity contribution in [2.75, 3.05) is 48.3 Å². The third-order valence-corrected chi connectivity index (χ3v) is 17.4. The summed E-state index contributed by atoms with van der Waals surface area (Å²) in [5.74, 6) is 0.103. The molecule has 0 radical (unpaired) electrons. The fourth-order valence-corrected chi connectivity index (χ4v) is 12.4. The number of amides is 4. The number of nitrogens with one attached hydrogen (secondary N) is 2. The number of benzene rings is 4. The minimum atomic E-state index is -4.67. The highest BCUT2D eigenvalue weighted by molar-refractivity contribution is 15.0. The van der Waals surface area contributed by atoms with Gasteiger partial charge in [-0.1, -0.05) is 88.4 Å². The predicted molar refractivity (Wildman–Crippen MR) is 404 cm³/mol. The van der Waals surface area contributed by atoms with Gasteiger partial charge >= 0.3 is 21.8 Å². The SMILES string of the molecule is CC(C)C(=O)N1CCC(c2cc(-c3ccc(NC(=O)c4cn(C(C)C)c(=O)n(-c5ccccc5)c4=O)cc3)c3c(N)ncnn23)CC1.CC(C)C(=O)N1CCC(c2cc(-c3ccc(NC(=O)c4cn(C(C)C)c(=O)n(-c5ccccc5)c4=O)cc3)c3c(N)ncnn23)CC1.II.O=S(=O)(O)O. The molecule has 0 unspecified atom stereocenters. The number of carbonyl (C=O) groups is 4. The molecule has 4 aromatic carbocycles. The number of hydrogen-bond donors (Lipinski definition) is 6. The van der Waals surface area contributed by atoms with E-state index in [0.29, 0.717) is 71.6 Å². The lowest BCUT2D eigenvalue weighted by Gasteiger charge is -2.33. The first kappa shape index (κ1) is 75.5. The minimum Gasteiger partial charge on any atom is -0.382 e. The summed E-state index contributed by atoms with van der Waals surface area (Å²) in [6, 6.07) is 35.2. The normalized spacial score (nSPS) is 13.5. The molecule has 8 heterocycles. The van der Waals surface area contributed by atoms with E-state index in [0.717, 1.165) is 68.5 Å². The van der Waals surface area contributed by atoms with Crippen LogP contribution in [0.25, 0.3) is 44.7 Å². The van der Waals surface area contributed by atoms with Crippen LogP contribution in [0.15, 0.2) is 166 Å². The Labute approximate surface area is 604 Å². The Bertz CT molecular complexity index is 4730. The molecule has 28 nitrogen and oxygen atoms in total. The number of para-hydroxylation sites is 2. The van der Waals surface area contributed by atoms with Crippen molar-refractivity contribution in [3.63, 3.8) is 0 Å². The van der Waals surface area contributed by atoms with Gasteiger partial charge in [0.15, 0.2) is 11.6 Å². The fraction of sp³-hybridized carbons (Fsp3) is 0.314. The van der Waals surface area contributed by atoms with Crippen LogP contribution < -0.4 is 44.6 Å². The van der Waals surface area contributed by atoms with E-state index in [1.165, 1.54) is 34.2 Å². The first-order chi connectivity index (χ1) is 48.1. The predicted octanol–water partition coefficient (Wildman–Crippen LogP) is 10.1. The van der Waals surface area contributed by atoms with Crippen molar-refractivity contribution in [3.8, 4) is 33.6 Å². The zero-order valence-corrected chi connectivity index (χ0v) is 61.8. The second-order valence-electron chi connectivity index (χ2n) is 25.4. The van der Waals surface area contributed by atoms with E-state index >= 15 is 0 Å². The third kappa shape index (κ3) is 17.2. The molecule has 2 fully saturated rings. The van der Waals surface area contributed by atoms with Gasteiger partial charge in [-0.3, -0.25) is 47.0 Å². The van der Waals surface area contributed by atoms with Crippen LogP contribution in [0.5, 0.6) is 0 Å². The summed E-state index contributed by atoms with van der Waals surface area (Å²) in [4.78, 5) is 118. The number of hydrogen-bond acceptors (Lipinski definition) is 16. The molecule has 0 atom stereocenters. The van der Waals surface area contributed by atoms with Crippen molar-refractivity contribution in [2.24, 2.45) is 11.8 Å². The number of nitrogens with zero attached hydrogens (tertiary/aromatic N) is 12. The highest BCUT2D eigenvalue weighted by Crippen LogP contribution is 2.39. The van der Waals surface area contributed by atoms with Crippen molar-refractivity contribution >= 4 is 105 Å². The average Bonchev–Trinajstić information content (AvgIpc) is 1.71. The van der Waals surface area contributed by atoms with Crippen LogP contribution in [0, 0.1) is 11.8 Å². The van der Waals surface area contributed by atoms with Crippen LogP contribution in [0.3, 0.4) is 0 Å². The van der Waals surface area contributed by atoms with Gasteiger partial charge in [-0.2, -0.15) is 18.6 Å². The Morgan fingerprint density at radius 3 is 1.13 bits per heavy atom. The van der Waals surface area contributed by atoms with Gasteiger partial charge in [0.05, 0.1) is 11.4 Å². The second-order valence-corrected chi connectivity index (χ2v) is 26.3. The molecule has 6 aromatic heterocycles. The Balaban J connectivity index is 0.000000216. The van der Waals surface area contributed by atoms with Gasteiger partial charge in [-0.05, 0) is 125 Å². The van der Waals surface area contributed by atoms with E-state index in [4.69, 9.17) is 29.0 Å². The summed E-state index contributed by atoms with van der Waals surface area (Å²) in [5.41, 5.74) is 18.5. The Hall–Kier alpha value is -9.71. The van der Waals surface area contributed by atoms with Gasteiger partial charge in [0.2, 0.25) is 11.8 Å². The number of nitrogens with two attached hydrogens (primary N) is 2. The van der Waals surface area contributed by atoms with Crippen LogP contribution in [0.4, 0.5) is 23.0 Å². The van der Waals surface area contributed by atoms with Crippen molar-refractivity contribution in [3.05, 3.63) is 211 Å². The molecule has 0 saturated carbocycles. The second kappa shape index (κ2) is 32.7. The molecule has 2 aliphatic heterocycles. The molecule has 2 aliphatic rings. The van der Waals surface area contributed by atoms with E-state index in [2.05, 4.69) is 80.2 Å². The maximum Gasteiger partial charge on any atom is 0.394 e. The Kier molecular flexibility index (Phi) is 24.5. The van der Waals surface area contributed by atoms with Gasteiger partial charge in [-0.15, -0.1) is 0 Å². The molecule has 8 N–H and O–H groups in total. The van der Waals surface area contributed by atoms with Gasteiger partial charge in [0.1, 0.15) is 34.8 Å². The molecule has 0 aliphatic carbocycles. The zero-order chi connectivity index (χ0) is 73.3. The number of carbonyl (C=O) groups excluding carboxylic acids is 4. The molecular formula is C70H78I2N16O12S. The van der Waals surface area contributed by atoms with Crippen LogP contribution in [-0.2, 0) is 20.0 Å². The van der Waals surface area contributed by atoms with Gasteiger partial charge < -0.3 is 31.9 Å². The molecule has 2 saturated heterocycles. The highest BCUT2D eigenvalue weighted by Gasteiger charge is 2.31. The third-order valence-electron chi connectivity index (χ3n) is 17.4. The lowest BCUT2D eigenvalue weighted by atomic mass is 9.92. The van der Waals surface area contributed by atoms with E-state index in [1.807, 2.05) is 98.5 Å². The summed E-state index contributed by atoms with van der Waals surface area (Å²) < 4.78 is 40.1. The summed E-state index contributed by atoms with van der Waals surface area (Å²) in [7, 11) is -4.67. The average molecular weight is 1620 g/mol. The van der Waals surface area contributed by atoms with Crippen molar-refractivity contribution in [1.29, 1.82) is 0 Å². The standard InChI is InChI=1S/2C35H38N8O4.I2.H2O4S/c2*1-21(2)33(45)40-16-14-24(15-17-40)29-18-27(30-31(36)37-20-38-43(29)30)23-10-12-25(13-11-23)39-32(44)28-19-41(22(3)4)35(47)42(34(28)46)26-8-6-5-7-9-26;1-2;1-5(2,3)4/h2*5-13,18-22,24H,14-17H2,1-4H3,(H,39,44)(H2,36,37,38);;(H2,1,2,3,4). The molecule has 10 aromatic rings. The molecule has 12 rings (SSSR count). The van der Waals surface area contributed by atoms with Gasteiger partial charge in [0, 0.05) is 145 Å². The van der Waals surface area contributed by atoms with Crippen LogP contribution in [-0.4, -0.2) is 125 Å². The monoisotopic (exact) mass is 1620 g/mol. The smallest absolute Gasteiger partial charge is 0.382 e. The first-order valence-corrected chi connectivity index (χ1v) is 40.1. The zero-order valence-electron chi connectivity index (χ0n) is 56.6. The lowest BCUT2D eigenvalue weighted by Crippen LogP contribution is -2.42. The Morgan fingerprint density at radius 2 is 0.832 bits per heavy atom. The first-order valence-electron chi connectivity index (χ1n) is 32.5. The quantitative estimate of drug-likeness (QED) is 0.0435. The number of halogens is 2. The summed E-state index contributed by atoms with van der Waals surface area (Å²) in [6.07, 6.45) is 8.78. The molecular weight excluding hydrogens is 1540 g/mol. The number of nitrogen functional groups attached to an aromatic ring is 2. The lowest BCUT2D eigenvalue weighted by molar-refractivity contribution is -0.136. The maximum absolute atomic E-state index is 13.5. The van der Waals surface area contributed by atoms with Crippen LogP contribution in [0.2, 0.25) is 0 Å². The van der Waals surface area contributed by atoms with Crippen LogP contribution >= 0.6 is 37.2 Å². The van der Waals surface area contributed by atoms with Crippen molar-refractivity contribution in [2.45, 2.75) is 105 Å². The highest BCUT2D eigenvalue weighted by atomic mass is 128. The molecule has 0 bridgehead atoms. The minimum absolute atomic E-state index is 0.0321. The topological polar surface area (TPSA) is 374 Å². The molecule has 530 valence electrons. The van der Waals surface area contributed by atoms with E-state index in [-0.39, 0.29) is 58.7 Å². The molecule has 0 spiro atoms. The van der Waals surface area contributed by atoms with Gasteiger partial charge in [-0.25, -0.2) is 37.7 Å². The fourth-order valence-electron chi connectivity index (χ4n) is 12.4. The van der Waals surface area contributed by atoms with E-state index in [1.54, 1.807) is 84.9 Å². The number of likely N-dealkylation sites (tertiary alicyclic amines) is 2. The summed E-state index contributed by atoms with van der Waals surface area (Å²) >= 11 is 4.24. The Morgan fingerprint density at radius 1 is 0.515 bits per heavy atom. The molecule has 31 heteroatoms. The van der Waals surface area contributed by atoms with Crippen LogP contribution in [0.1, 0.15) is 137 Å². The molecule has 4 amide bonds. The number of piperidine rings is 2. The number of fused-ring (bicyclic) bond motifs is 2. The van der Waals surface area contributed by atoms with Gasteiger partial charge in [0.25, 0.3) is 22.9 Å². The summed E-state index contributed by atoms with van der Waals surface area (Å²) in [6.45, 7) is 17.7.